The quantitative estimate of drug-likeness (QED) is 0.523. The van der Waals surface area contributed by atoms with Crippen molar-refractivity contribution in [1.29, 1.82) is 0 Å². The van der Waals surface area contributed by atoms with Gasteiger partial charge in [0.05, 0.1) is 5.25 Å². The predicted molar refractivity (Wildman–Crippen MR) is 51.0 cm³/mol. The van der Waals surface area contributed by atoms with E-state index in [-0.39, 0.29) is 11.2 Å². The first-order valence-corrected chi connectivity index (χ1v) is 5.22. The SMILES string of the molecule is NC(=O)NNC(=O)C1CCCCS1. The molecule has 0 aromatic heterocycles. The second kappa shape index (κ2) is 4.96. The van der Waals surface area contributed by atoms with Crippen molar-refractivity contribution < 1.29 is 9.59 Å². The molecule has 0 spiro atoms. The van der Waals surface area contributed by atoms with Crippen LogP contribution in [0.3, 0.4) is 0 Å². The van der Waals surface area contributed by atoms with Crippen LogP contribution in [0, 0.1) is 0 Å². The van der Waals surface area contributed by atoms with Gasteiger partial charge in [-0.25, -0.2) is 10.2 Å². The molecule has 0 bridgehead atoms. The molecule has 1 atom stereocenters. The van der Waals surface area contributed by atoms with Crippen LogP contribution in [0.1, 0.15) is 19.3 Å². The summed E-state index contributed by atoms with van der Waals surface area (Å²) in [4.78, 5) is 21.6. The van der Waals surface area contributed by atoms with E-state index in [1.54, 1.807) is 11.8 Å². The zero-order valence-electron chi connectivity index (χ0n) is 7.21. The molecular formula is C7H13N3O2S. The van der Waals surface area contributed by atoms with Crippen LogP contribution in [-0.2, 0) is 4.79 Å². The largest absolute Gasteiger partial charge is 0.350 e. The lowest BCUT2D eigenvalue weighted by Crippen LogP contribution is -2.48. The third-order valence-electron chi connectivity index (χ3n) is 1.78. The normalized spacial score (nSPS) is 22.0. The lowest BCUT2D eigenvalue weighted by Gasteiger charge is -2.19. The number of thioether (sulfide) groups is 1. The Labute approximate surface area is 80.8 Å². The Hall–Kier alpha value is -0.910. The molecule has 1 aliphatic rings. The van der Waals surface area contributed by atoms with Crippen LogP contribution >= 0.6 is 11.8 Å². The lowest BCUT2D eigenvalue weighted by molar-refractivity contribution is -0.121. The van der Waals surface area contributed by atoms with Crippen LogP contribution in [0.4, 0.5) is 4.79 Å². The standard InChI is InChI=1S/C7H13N3O2S/c8-7(12)10-9-6(11)5-3-1-2-4-13-5/h5H,1-4H2,(H,9,11)(H3,8,10,12). The summed E-state index contributed by atoms with van der Waals surface area (Å²) in [6, 6.07) is -0.742. The summed E-state index contributed by atoms with van der Waals surface area (Å²) in [5.74, 6) is 0.845. The number of hydrogen-bond acceptors (Lipinski definition) is 3. The summed E-state index contributed by atoms with van der Waals surface area (Å²) in [5, 5.41) is -0.0411. The van der Waals surface area contributed by atoms with Gasteiger partial charge in [-0.1, -0.05) is 6.42 Å². The molecule has 0 radical (unpaired) electrons. The Morgan fingerprint density at radius 3 is 2.62 bits per heavy atom. The van der Waals surface area contributed by atoms with Gasteiger partial charge in [-0.05, 0) is 18.6 Å². The van der Waals surface area contributed by atoms with E-state index < -0.39 is 6.03 Å². The molecule has 1 saturated heterocycles. The first-order chi connectivity index (χ1) is 6.20. The maximum atomic E-state index is 11.3. The van der Waals surface area contributed by atoms with Gasteiger partial charge in [0.2, 0.25) is 0 Å². The average molecular weight is 203 g/mol. The maximum absolute atomic E-state index is 11.3. The maximum Gasteiger partial charge on any atom is 0.330 e. The summed E-state index contributed by atoms with van der Waals surface area (Å²) >= 11 is 1.62. The van der Waals surface area contributed by atoms with Crippen LogP contribution in [0.2, 0.25) is 0 Å². The van der Waals surface area contributed by atoms with Crippen LogP contribution in [0.15, 0.2) is 0 Å². The van der Waals surface area contributed by atoms with Crippen molar-refractivity contribution >= 4 is 23.7 Å². The van der Waals surface area contributed by atoms with Gasteiger partial charge in [-0.15, -0.1) is 11.8 Å². The zero-order valence-corrected chi connectivity index (χ0v) is 8.02. The third kappa shape index (κ3) is 3.54. The van der Waals surface area contributed by atoms with Gasteiger partial charge in [0.1, 0.15) is 0 Å². The third-order valence-corrected chi connectivity index (χ3v) is 3.16. The summed E-state index contributed by atoms with van der Waals surface area (Å²) in [7, 11) is 0. The van der Waals surface area contributed by atoms with Crippen molar-refractivity contribution in [2.75, 3.05) is 5.75 Å². The average Bonchev–Trinajstić information content (AvgIpc) is 2.15. The van der Waals surface area contributed by atoms with Gasteiger partial charge in [-0.3, -0.25) is 10.2 Å². The number of hydrogen-bond donors (Lipinski definition) is 3. The Morgan fingerprint density at radius 1 is 1.31 bits per heavy atom. The van der Waals surface area contributed by atoms with E-state index in [0.717, 1.165) is 25.0 Å². The van der Waals surface area contributed by atoms with Gasteiger partial charge < -0.3 is 5.73 Å². The molecule has 1 unspecified atom stereocenters. The molecule has 74 valence electrons. The number of urea groups is 1. The first-order valence-electron chi connectivity index (χ1n) is 4.17. The molecule has 1 rings (SSSR count). The lowest BCUT2D eigenvalue weighted by atomic mass is 10.2. The number of amides is 3. The highest BCUT2D eigenvalue weighted by Gasteiger charge is 2.21. The molecule has 0 aromatic carbocycles. The molecule has 0 aromatic rings. The number of hydrazine groups is 1. The van der Waals surface area contributed by atoms with Crippen molar-refractivity contribution in [2.45, 2.75) is 24.5 Å². The number of primary amides is 1. The van der Waals surface area contributed by atoms with Crippen molar-refractivity contribution in [3.05, 3.63) is 0 Å². The van der Waals surface area contributed by atoms with Gasteiger partial charge in [0.15, 0.2) is 0 Å². The van der Waals surface area contributed by atoms with E-state index in [0.29, 0.717) is 0 Å². The van der Waals surface area contributed by atoms with Gasteiger partial charge >= 0.3 is 6.03 Å². The number of rotatable bonds is 1. The number of nitrogens with two attached hydrogens (primary N) is 1. The Balaban J connectivity index is 2.25. The van der Waals surface area contributed by atoms with E-state index in [2.05, 4.69) is 10.9 Å². The summed E-state index contributed by atoms with van der Waals surface area (Å²) in [6.07, 6.45) is 3.11. The minimum atomic E-state index is -0.742. The molecule has 1 heterocycles. The number of nitrogens with one attached hydrogen (secondary N) is 2. The molecule has 13 heavy (non-hydrogen) atoms. The predicted octanol–water partition coefficient (Wildman–Crippen LogP) is -0.0284. The summed E-state index contributed by atoms with van der Waals surface area (Å²) in [6.45, 7) is 0. The highest BCUT2D eigenvalue weighted by Crippen LogP contribution is 2.24. The minimum absolute atomic E-state index is 0.0411. The van der Waals surface area contributed by atoms with E-state index in [1.807, 2.05) is 0 Å². The van der Waals surface area contributed by atoms with Crippen LogP contribution in [0.25, 0.3) is 0 Å². The van der Waals surface area contributed by atoms with Crippen LogP contribution in [-0.4, -0.2) is 22.9 Å². The van der Waals surface area contributed by atoms with Gasteiger partial charge in [0.25, 0.3) is 5.91 Å². The van der Waals surface area contributed by atoms with Crippen LogP contribution in [0.5, 0.6) is 0 Å². The van der Waals surface area contributed by atoms with E-state index >= 15 is 0 Å². The van der Waals surface area contributed by atoms with E-state index in [9.17, 15) is 9.59 Å². The molecule has 1 fully saturated rings. The Kier molecular flexibility index (Phi) is 3.88. The van der Waals surface area contributed by atoms with E-state index in [4.69, 9.17) is 5.73 Å². The molecular weight excluding hydrogens is 190 g/mol. The molecule has 1 aliphatic heterocycles. The van der Waals surface area contributed by atoms with Crippen molar-refractivity contribution in [1.82, 2.24) is 10.9 Å². The van der Waals surface area contributed by atoms with Gasteiger partial charge in [0, 0.05) is 0 Å². The fourth-order valence-electron chi connectivity index (χ4n) is 1.15. The fraction of sp³-hybridized carbons (Fsp3) is 0.714. The summed E-state index contributed by atoms with van der Waals surface area (Å²) < 4.78 is 0. The van der Waals surface area contributed by atoms with Crippen molar-refractivity contribution in [3.8, 4) is 0 Å². The monoisotopic (exact) mass is 203 g/mol. The summed E-state index contributed by atoms with van der Waals surface area (Å²) in [5.41, 5.74) is 9.13. The zero-order chi connectivity index (χ0) is 9.68. The Morgan fingerprint density at radius 2 is 2.08 bits per heavy atom. The molecule has 6 heteroatoms. The molecule has 3 amide bonds. The molecule has 0 aliphatic carbocycles. The first kappa shape index (κ1) is 10.2. The topological polar surface area (TPSA) is 84.2 Å². The minimum Gasteiger partial charge on any atom is -0.350 e. The Bertz CT molecular complexity index is 204. The van der Waals surface area contributed by atoms with Gasteiger partial charge in [-0.2, -0.15) is 0 Å². The second-order valence-electron chi connectivity index (χ2n) is 2.83. The fourth-order valence-corrected chi connectivity index (χ4v) is 2.35. The van der Waals surface area contributed by atoms with Crippen molar-refractivity contribution in [3.63, 3.8) is 0 Å². The van der Waals surface area contributed by atoms with Crippen molar-refractivity contribution in [2.24, 2.45) is 5.73 Å². The van der Waals surface area contributed by atoms with Crippen LogP contribution < -0.4 is 16.6 Å². The molecule has 5 nitrogen and oxygen atoms in total. The smallest absolute Gasteiger partial charge is 0.330 e. The highest BCUT2D eigenvalue weighted by atomic mass is 32.2. The van der Waals surface area contributed by atoms with E-state index in [1.165, 1.54) is 0 Å². The second-order valence-corrected chi connectivity index (χ2v) is 4.14. The number of carbonyl (C=O) groups excluding carboxylic acids is 2. The number of carbonyl (C=O) groups is 2. The molecule has 0 saturated carbocycles. The molecule has 4 N–H and O–H groups in total. The highest BCUT2D eigenvalue weighted by molar-refractivity contribution is 8.00.